The first kappa shape index (κ1) is 20.5. The molecular formula is C25H27N5O2. The number of piperidine rings is 1. The number of likely N-dealkylation sites (tertiary alicyclic amines) is 1. The minimum Gasteiger partial charge on any atom is -0.348 e. The standard InChI is InChI=1S/C25H27N5O2/c31-22(30-14-11-25(12-15-30)23-21(10-13-29-25)27-17-28-23)16-26-24(32)20-8-6-19(7-9-20)18-4-2-1-3-5-18/h1-9,17,29H,10-16H2,(H,26,32)(H,27,28). The number of H-pyrrole nitrogens is 1. The lowest BCUT2D eigenvalue weighted by Gasteiger charge is -2.44. The van der Waals surface area contributed by atoms with E-state index in [1.807, 2.05) is 47.4 Å². The van der Waals surface area contributed by atoms with Crippen LogP contribution in [0, 0.1) is 0 Å². The molecule has 2 aliphatic heterocycles. The van der Waals surface area contributed by atoms with Crippen molar-refractivity contribution in [2.75, 3.05) is 26.2 Å². The smallest absolute Gasteiger partial charge is 0.251 e. The predicted molar refractivity (Wildman–Crippen MR) is 122 cm³/mol. The van der Waals surface area contributed by atoms with Gasteiger partial charge in [0.25, 0.3) is 5.91 Å². The molecule has 7 nitrogen and oxygen atoms in total. The van der Waals surface area contributed by atoms with Crippen LogP contribution in [0.2, 0.25) is 0 Å². The van der Waals surface area contributed by atoms with Crippen molar-refractivity contribution in [1.82, 2.24) is 25.5 Å². The maximum Gasteiger partial charge on any atom is 0.251 e. The second-order valence-corrected chi connectivity index (χ2v) is 8.50. The molecule has 5 rings (SSSR count). The number of carbonyl (C=O) groups excluding carboxylic acids is 2. The third-order valence-electron chi connectivity index (χ3n) is 6.63. The molecule has 0 bridgehead atoms. The molecule has 1 saturated heterocycles. The Balaban J connectivity index is 1.14. The van der Waals surface area contributed by atoms with E-state index < -0.39 is 0 Å². The summed E-state index contributed by atoms with van der Waals surface area (Å²) >= 11 is 0. The molecule has 0 radical (unpaired) electrons. The molecule has 1 fully saturated rings. The lowest BCUT2D eigenvalue weighted by molar-refractivity contribution is -0.132. The summed E-state index contributed by atoms with van der Waals surface area (Å²) in [5.41, 5.74) is 4.86. The Morgan fingerprint density at radius 2 is 1.72 bits per heavy atom. The molecule has 0 aliphatic carbocycles. The fourth-order valence-electron chi connectivity index (χ4n) is 4.80. The van der Waals surface area contributed by atoms with Crippen molar-refractivity contribution in [1.29, 1.82) is 0 Å². The van der Waals surface area contributed by atoms with E-state index in [0.29, 0.717) is 18.7 Å². The van der Waals surface area contributed by atoms with Crippen LogP contribution in [0.4, 0.5) is 0 Å². The van der Waals surface area contributed by atoms with E-state index in [4.69, 9.17) is 0 Å². The highest BCUT2D eigenvalue weighted by Crippen LogP contribution is 2.35. The van der Waals surface area contributed by atoms with Gasteiger partial charge in [-0.1, -0.05) is 42.5 Å². The predicted octanol–water partition coefficient (Wildman–Crippen LogP) is 2.47. The van der Waals surface area contributed by atoms with Gasteiger partial charge in [-0.2, -0.15) is 0 Å². The summed E-state index contributed by atoms with van der Waals surface area (Å²) in [6.45, 7) is 2.23. The minimum atomic E-state index is -0.235. The minimum absolute atomic E-state index is 0.00730. The van der Waals surface area contributed by atoms with Gasteiger partial charge in [-0.3, -0.25) is 9.59 Å². The van der Waals surface area contributed by atoms with Crippen molar-refractivity contribution in [3.8, 4) is 11.1 Å². The van der Waals surface area contributed by atoms with Gasteiger partial charge in [0, 0.05) is 37.3 Å². The van der Waals surface area contributed by atoms with Crippen molar-refractivity contribution in [2.24, 2.45) is 0 Å². The maximum absolute atomic E-state index is 12.7. The van der Waals surface area contributed by atoms with Gasteiger partial charge in [-0.05, 0) is 36.1 Å². The van der Waals surface area contributed by atoms with Gasteiger partial charge < -0.3 is 20.5 Å². The third kappa shape index (κ3) is 3.91. The number of nitrogens with one attached hydrogen (secondary N) is 3. The largest absolute Gasteiger partial charge is 0.348 e. The first-order valence-corrected chi connectivity index (χ1v) is 11.1. The van der Waals surface area contributed by atoms with Crippen molar-refractivity contribution in [2.45, 2.75) is 24.8 Å². The van der Waals surface area contributed by atoms with Crippen LogP contribution >= 0.6 is 0 Å². The number of imidazole rings is 1. The molecule has 2 aromatic carbocycles. The number of hydrogen-bond acceptors (Lipinski definition) is 4. The van der Waals surface area contributed by atoms with Gasteiger partial charge in [-0.25, -0.2) is 4.98 Å². The zero-order valence-electron chi connectivity index (χ0n) is 17.9. The molecule has 2 aliphatic rings. The Kier molecular flexibility index (Phi) is 5.49. The highest BCUT2D eigenvalue weighted by atomic mass is 16.2. The van der Waals surface area contributed by atoms with Crippen LogP contribution in [0.25, 0.3) is 11.1 Å². The number of rotatable bonds is 4. The summed E-state index contributed by atoms with van der Waals surface area (Å²) in [5.74, 6) is -0.284. The molecule has 0 unspecified atom stereocenters. The maximum atomic E-state index is 12.7. The van der Waals surface area contributed by atoms with E-state index in [-0.39, 0.29) is 23.9 Å². The van der Waals surface area contributed by atoms with Gasteiger partial charge in [-0.15, -0.1) is 0 Å². The Bertz CT molecular complexity index is 1100. The number of amides is 2. The van der Waals surface area contributed by atoms with E-state index in [2.05, 4.69) is 20.6 Å². The van der Waals surface area contributed by atoms with Crippen molar-refractivity contribution in [3.63, 3.8) is 0 Å². The molecule has 3 aromatic rings. The van der Waals surface area contributed by atoms with Crippen LogP contribution in [0.1, 0.15) is 34.6 Å². The topological polar surface area (TPSA) is 90.1 Å². The summed E-state index contributed by atoms with van der Waals surface area (Å²) < 4.78 is 0. The Labute approximate surface area is 187 Å². The second-order valence-electron chi connectivity index (χ2n) is 8.50. The molecule has 1 spiro atoms. The summed E-state index contributed by atoms with van der Waals surface area (Å²) in [7, 11) is 0. The number of benzene rings is 2. The number of nitrogens with zero attached hydrogens (tertiary/aromatic N) is 2. The monoisotopic (exact) mass is 429 g/mol. The van der Waals surface area contributed by atoms with E-state index in [1.165, 1.54) is 5.69 Å². The zero-order chi connectivity index (χ0) is 22.0. The normalized spacial score (nSPS) is 17.1. The molecule has 1 aromatic heterocycles. The summed E-state index contributed by atoms with van der Waals surface area (Å²) in [6, 6.07) is 17.5. The highest BCUT2D eigenvalue weighted by Gasteiger charge is 2.41. The van der Waals surface area contributed by atoms with E-state index in [9.17, 15) is 9.59 Å². The molecule has 32 heavy (non-hydrogen) atoms. The number of aromatic amines is 1. The van der Waals surface area contributed by atoms with E-state index >= 15 is 0 Å². The van der Waals surface area contributed by atoms with Gasteiger partial charge in [0.05, 0.1) is 24.1 Å². The van der Waals surface area contributed by atoms with Crippen LogP contribution in [-0.2, 0) is 16.8 Å². The molecule has 3 heterocycles. The Hall–Kier alpha value is -3.45. The van der Waals surface area contributed by atoms with Gasteiger partial charge in [0.15, 0.2) is 0 Å². The summed E-state index contributed by atoms with van der Waals surface area (Å²) in [5, 5.41) is 6.41. The lowest BCUT2D eigenvalue weighted by atomic mass is 9.80. The first-order valence-electron chi connectivity index (χ1n) is 11.1. The van der Waals surface area contributed by atoms with Gasteiger partial charge in [0.2, 0.25) is 5.91 Å². The van der Waals surface area contributed by atoms with E-state index in [1.54, 1.807) is 18.5 Å². The van der Waals surface area contributed by atoms with Crippen molar-refractivity contribution < 1.29 is 9.59 Å². The summed E-state index contributed by atoms with van der Waals surface area (Å²) in [4.78, 5) is 34.9. The lowest BCUT2D eigenvalue weighted by Crippen LogP contribution is -2.56. The molecule has 0 saturated carbocycles. The number of fused-ring (bicyclic) bond motifs is 2. The first-order chi connectivity index (χ1) is 15.6. The van der Waals surface area contributed by atoms with Gasteiger partial charge in [0.1, 0.15) is 0 Å². The van der Waals surface area contributed by atoms with Crippen LogP contribution in [0.3, 0.4) is 0 Å². The SMILES string of the molecule is O=C(NCC(=O)N1CCC2(CC1)NCCc1[nH]cnc12)c1ccc(-c2ccccc2)cc1. The molecule has 2 amide bonds. The van der Waals surface area contributed by atoms with Crippen LogP contribution in [0.5, 0.6) is 0 Å². The number of carbonyl (C=O) groups is 2. The Morgan fingerprint density at radius 1 is 1.00 bits per heavy atom. The van der Waals surface area contributed by atoms with Crippen molar-refractivity contribution >= 4 is 11.8 Å². The molecule has 3 N–H and O–H groups in total. The number of hydrogen-bond donors (Lipinski definition) is 3. The van der Waals surface area contributed by atoms with Crippen LogP contribution in [0.15, 0.2) is 60.9 Å². The molecule has 164 valence electrons. The van der Waals surface area contributed by atoms with Crippen LogP contribution < -0.4 is 10.6 Å². The second kappa shape index (κ2) is 8.59. The average molecular weight is 430 g/mol. The number of aromatic nitrogens is 2. The summed E-state index contributed by atoms with van der Waals surface area (Å²) in [6.07, 6.45) is 4.37. The molecule has 0 atom stereocenters. The highest BCUT2D eigenvalue weighted by molar-refractivity contribution is 5.96. The fourth-order valence-corrected chi connectivity index (χ4v) is 4.80. The van der Waals surface area contributed by atoms with E-state index in [0.717, 1.165) is 42.6 Å². The quantitative estimate of drug-likeness (QED) is 0.594. The fraction of sp³-hybridized carbons (Fsp3) is 0.320. The zero-order valence-corrected chi connectivity index (χ0v) is 17.9. The van der Waals surface area contributed by atoms with Crippen LogP contribution in [-0.4, -0.2) is 52.9 Å². The van der Waals surface area contributed by atoms with Gasteiger partial charge >= 0.3 is 0 Å². The molecular weight excluding hydrogens is 402 g/mol. The van der Waals surface area contributed by atoms with Crippen molar-refractivity contribution in [3.05, 3.63) is 77.9 Å². The average Bonchev–Trinajstić information content (AvgIpc) is 3.34. The molecule has 7 heteroatoms. The Morgan fingerprint density at radius 3 is 2.47 bits per heavy atom. The third-order valence-corrected chi connectivity index (χ3v) is 6.63.